The van der Waals surface area contributed by atoms with Gasteiger partial charge >= 0.3 is 7.69 Å². The van der Waals surface area contributed by atoms with Crippen molar-refractivity contribution >= 4 is 7.69 Å². The minimum Gasteiger partial charge on any atom is -0.391 e. The maximum absolute atomic E-state index is 4.62. The van der Waals surface area contributed by atoms with Crippen molar-refractivity contribution in [1.82, 2.24) is 0 Å². The van der Waals surface area contributed by atoms with Crippen LogP contribution in [0, 0.1) is 0 Å². The molecule has 0 spiro atoms. The fourth-order valence-electron chi connectivity index (χ4n) is 0.279. The van der Waals surface area contributed by atoms with E-state index in [0.29, 0.717) is 21.3 Å². The largest absolute Gasteiger partial charge is 0.441 e. The highest BCUT2D eigenvalue weighted by Crippen LogP contribution is 1.84. The standard InChI is InChI=1S/C2H5BO3/c1-4-2-6-3-5-1/h3H,1-2H2. The minimum atomic E-state index is 0.375. The third kappa shape index (κ3) is 0.968. The smallest absolute Gasteiger partial charge is 0.391 e. The van der Waals surface area contributed by atoms with Gasteiger partial charge in [0.2, 0.25) is 0 Å². The summed E-state index contributed by atoms with van der Waals surface area (Å²) in [6.45, 7) is 0.750. The molecule has 0 N–H and O–H groups in total. The number of hydrogen-bond acceptors (Lipinski definition) is 3. The van der Waals surface area contributed by atoms with Crippen LogP contribution in [0.3, 0.4) is 0 Å². The molecule has 0 atom stereocenters. The normalized spacial score (nSPS) is 22.7. The lowest BCUT2D eigenvalue weighted by molar-refractivity contribution is -0.104. The van der Waals surface area contributed by atoms with Crippen LogP contribution in [-0.2, 0) is 14.0 Å². The lowest BCUT2D eigenvalue weighted by Gasteiger charge is -2.09. The molecule has 0 radical (unpaired) electrons. The summed E-state index contributed by atoms with van der Waals surface area (Å²) in [5.74, 6) is 0. The molecule has 1 saturated heterocycles. The molecule has 1 aliphatic heterocycles. The molecule has 1 heterocycles. The van der Waals surface area contributed by atoms with Gasteiger partial charge in [-0.25, -0.2) is 0 Å². The Morgan fingerprint density at radius 1 is 1.17 bits per heavy atom. The van der Waals surface area contributed by atoms with Gasteiger partial charge in [0.05, 0.1) is 0 Å². The third-order valence-corrected chi connectivity index (χ3v) is 0.500. The highest BCUT2D eigenvalue weighted by molar-refractivity contribution is 6.17. The van der Waals surface area contributed by atoms with Gasteiger partial charge in [-0.3, -0.25) is 0 Å². The Bertz CT molecular complexity index is 24.3. The highest BCUT2D eigenvalue weighted by Gasteiger charge is 1.97. The quantitative estimate of drug-likeness (QED) is 0.364. The van der Waals surface area contributed by atoms with E-state index >= 15 is 0 Å². The van der Waals surface area contributed by atoms with Crippen LogP contribution < -0.4 is 0 Å². The van der Waals surface area contributed by atoms with E-state index in [0.717, 1.165) is 0 Å². The number of rotatable bonds is 0. The summed E-state index contributed by atoms with van der Waals surface area (Å²) in [5.41, 5.74) is 0. The zero-order chi connectivity index (χ0) is 4.24. The SMILES string of the molecule is B1OCOCO1. The van der Waals surface area contributed by atoms with Gasteiger partial charge in [-0.05, 0) is 0 Å². The predicted molar refractivity (Wildman–Crippen MR) is 20.1 cm³/mol. The van der Waals surface area contributed by atoms with Gasteiger partial charge in [0.25, 0.3) is 0 Å². The topological polar surface area (TPSA) is 27.7 Å². The summed E-state index contributed by atoms with van der Waals surface area (Å²) in [5, 5.41) is 0. The summed E-state index contributed by atoms with van der Waals surface area (Å²) in [7, 11) is 0.375. The molecule has 6 heavy (non-hydrogen) atoms. The number of hydrogen-bond donors (Lipinski definition) is 0. The molecule has 0 amide bonds. The van der Waals surface area contributed by atoms with Crippen molar-refractivity contribution in [3.63, 3.8) is 0 Å². The average molecular weight is 87.9 g/mol. The molecule has 1 aliphatic rings. The Morgan fingerprint density at radius 3 is 2.00 bits per heavy atom. The zero-order valence-electron chi connectivity index (χ0n) is 3.35. The number of ether oxygens (including phenoxy) is 1. The van der Waals surface area contributed by atoms with E-state index in [1.54, 1.807) is 0 Å². The Labute approximate surface area is 36.5 Å². The van der Waals surface area contributed by atoms with Crippen molar-refractivity contribution in [2.75, 3.05) is 13.6 Å². The maximum atomic E-state index is 4.62. The highest BCUT2D eigenvalue weighted by atomic mass is 16.8. The molecule has 0 aliphatic carbocycles. The van der Waals surface area contributed by atoms with Crippen LogP contribution in [0.1, 0.15) is 0 Å². The predicted octanol–water partition coefficient (Wildman–Crippen LogP) is -0.769. The van der Waals surface area contributed by atoms with Crippen molar-refractivity contribution in [2.45, 2.75) is 0 Å². The van der Waals surface area contributed by atoms with E-state index in [-0.39, 0.29) is 0 Å². The Hall–Kier alpha value is -0.0551. The molecule has 1 fully saturated rings. The average Bonchev–Trinajstić information content (AvgIpc) is 1.72. The zero-order valence-corrected chi connectivity index (χ0v) is 3.35. The van der Waals surface area contributed by atoms with Crippen molar-refractivity contribution in [3.8, 4) is 0 Å². The van der Waals surface area contributed by atoms with E-state index in [1.807, 2.05) is 0 Å². The summed E-state index contributed by atoms with van der Waals surface area (Å²) in [6, 6.07) is 0. The van der Waals surface area contributed by atoms with Crippen LogP contribution in [0.5, 0.6) is 0 Å². The Balaban J connectivity index is 2.00. The van der Waals surface area contributed by atoms with E-state index in [4.69, 9.17) is 0 Å². The second kappa shape index (κ2) is 2.18. The van der Waals surface area contributed by atoms with Crippen LogP contribution in [-0.4, -0.2) is 21.3 Å². The summed E-state index contributed by atoms with van der Waals surface area (Å²) in [6.07, 6.45) is 0. The van der Waals surface area contributed by atoms with E-state index < -0.39 is 0 Å². The van der Waals surface area contributed by atoms with Gasteiger partial charge in [-0.2, -0.15) is 0 Å². The molecule has 34 valence electrons. The van der Waals surface area contributed by atoms with E-state index in [1.165, 1.54) is 0 Å². The van der Waals surface area contributed by atoms with Gasteiger partial charge in [-0.1, -0.05) is 0 Å². The summed E-state index contributed by atoms with van der Waals surface area (Å²) in [4.78, 5) is 0. The van der Waals surface area contributed by atoms with Crippen LogP contribution in [0.2, 0.25) is 0 Å². The fourth-order valence-corrected chi connectivity index (χ4v) is 0.279. The first-order chi connectivity index (χ1) is 3.00. The molecule has 0 saturated carbocycles. The summed E-state index contributed by atoms with van der Waals surface area (Å²) < 4.78 is 13.9. The molecule has 0 bridgehead atoms. The first-order valence-corrected chi connectivity index (χ1v) is 1.73. The van der Waals surface area contributed by atoms with Crippen molar-refractivity contribution in [2.24, 2.45) is 0 Å². The Morgan fingerprint density at radius 2 is 1.83 bits per heavy atom. The first kappa shape index (κ1) is 4.11. The molecule has 4 heteroatoms. The second-order valence-corrected chi connectivity index (χ2v) is 0.966. The molecule has 0 aromatic rings. The molecular weight excluding hydrogens is 82.8 g/mol. The molecule has 0 unspecified atom stereocenters. The van der Waals surface area contributed by atoms with E-state index in [9.17, 15) is 0 Å². The van der Waals surface area contributed by atoms with Gasteiger partial charge in [0, 0.05) is 0 Å². The third-order valence-electron chi connectivity index (χ3n) is 0.500. The van der Waals surface area contributed by atoms with Crippen LogP contribution >= 0.6 is 0 Å². The molecule has 3 nitrogen and oxygen atoms in total. The monoisotopic (exact) mass is 88.0 g/mol. The molecule has 0 aromatic carbocycles. The van der Waals surface area contributed by atoms with Crippen molar-refractivity contribution in [1.29, 1.82) is 0 Å². The first-order valence-electron chi connectivity index (χ1n) is 1.73. The maximum Gasteiger partial charge on any atom is 0.441 e. The summed E-state index contributed by atoms with van der Waals surface area (Å²) >= 11 is 0. The van der Waals surface area contributed by atoms with Gasteiger partial charge in [-0.15, -0.1) is 0 Å². The van der Waals surface area contributed by atoms with Gasteiger partial charge in [0.1, 0.15) is 13.6 Å². The van der Waals surface area contributed by atoms with Crippen molar-refractivity contribution < 1.29 is 14.0 Å². The van der Waals surface area contributed by atoms with Crippen LogP contribution in [0.4, 0.5) is 0 Å². The molecule has 0 aromatic heterocycles. The van der Waals surface area contributed by atoms with Crippen LogP contribution in [0.15, 0.2) is 0 Å². The van der Waals surface area contributed by atoms with Crippen molar-refractivity contribution in [3.05, 3.63) is 0 Å². The van der Waals surface area contributed by atoms with E-state index in [2.05, 4.69) is 14.0 Å². The molecular formula is C2H5BO3. The second-order valence-electron chi connectivity index (χ2n) is 0.966. The lowest BCUT2D eigenvalue weighted by atomic mass is 10.4. The molecule has 1 rings (SSSR count). The fraction of sp³-hybridized carbons (Fsp3) is 1.00. The lowest BCUT2D eigenvalue weighted by Crippen LogP contribution is -2.17. The Kier molecular flexibility index (Phi) is 1.49. The van der Waals surface area contributed by atoms with Gasteiger partial charge < -0.3 is 14.0 Å². The van der Waals surface area contributed by atoms with Crippen LogP contribution in [0.25, 0.3) is 0 Å². The van der Waals surface area contributed by atoms with Gasteiger partial charge in [0.15, 0.2) is 0 Å². The minimum absolute atomic E-state index is 0.375.